The Morgan fingerprint density at radius 1 is 1.03 bits per heavy atom. The maximum atomic E-state index is 13.2. The van der Waals surface area contributed by atoms with Crippen LogP contribution >= 0.6 is 0 Å². The van der Waals surface area contributed by atoms with Gasteiger partial charge in [-0.1, -0.05) is 18.6 Å². The maximum absolute atomic E-state index is 13.2. The molecule has 4 rings (SSSR count). The van der Waals surface area contributed by atoms with Crippen molar-refractivity contribution in [1.82, 2.24) is 20.0 Å². The van der Waals surface area contributed by atoms with Crippen molar-refractivity contribution in [2.75, 3.05) is 40.4 Å². The molecule has 1 fully saturated rings. The zero-order valence-corrected chi connectivity index (χ0v) is 19.6. The van der Waals surface area contributed by atoms with Crippen molar-refractivity contribution in [3.63, 3.8) is 0 Å². The number of nitrogens with zero attached hydrogens (tertiary/aromatic N) is 3. The lowest BCUT2D eigenvalue weighted by molar-refractivity contribution is 0.0939. The first-order chi connectivity index (χ1) is 16.1. The van der Waals surface area contributed by atoms with Crippen molar-refractivity contribution in [2.45, 2.75) is 26.2 Å². The average molecular weight is 449 g/mol. The van der Waals surface area contributed by atoms with Crippen LogP contribution in [0.25, 0.3) is 16.9 Å². The SMILES string of the molecule is COc1ccc(-c2cc(C(=O)NCCN3CCCCC3)n(-c3cccc(C)c3)n2)c(OC)c1. The lowest BCUT2D eigenvalue weighted by atomic mass is 10.1. The summed E-state index contributed by atoms with van der Waals surface area (Å²) in [4.78, 5) is 15.6. The molecule has 33 heavy (non-hydrogen) atoms. The molecule has 2 aromatic carbocycles. The minimum absolute atomic E-state index is 0.139. The molecule has 1 N–H and O–H groups in total. The predicted octanol–water partition coefficient (Wildman–Crippen LogP) is 4.08. The fourth-order valence-electron chi connectivity index (χ4n) is 4.24. The number of piperidine rings is 1. The highest BCUT2D eigenvalue weighted by Crippen LogP contribution is 2.33. The molecule has 0 radical (unpaired) electrons. The third-order valence-electron chi connectivity index (χ3n) is 6.04. The lowest BCUT2D eigenvalue weighted by Crippen LogP contribution is -2.38. The Balaban J connectivity index is 1.63. The molecule has 1 aliphatic heterocycles. The fraction of sp³-hybridized carbons (Fsp3) is 0.385. The number of aryl methyl sites for hydroxylation is 1. The summed E-state index contributed by atoms with van der Waals surface area (Å²) >= 11 is 0. The zero-order chi connectivity index (χ0) is 23.2. The Bertz CT molecular complexity index is 1100. The van der Waals surface area contributed by atoms with E-state index in [4.69, 9.17) is 14.6 Å². The van der Waals surface area contributed by atoms with Gasteiger partial charge in [0.05, 0.1) is 25.6 Å². The van der Waals surface area contributed by atoms with E-state index in [1.807, 2.05) is 55.5 Å². The van der Waals surface area contributed by atoms with E-state index in [2.05, 4.69) is 10.2 Å². The van der Waals surface area contributed by atoms with Crippen LogP contribution in [-0.4, -0.2) is 61.0 Å². The summed E-state index contributed by atoms with van der Waals surface area (Å²) in [5.41, 5.74) is 3.90. The highest BCUT2D eigenvalue weighted by molar-refractivity contribution is 5.94. The van der Waals surface area contributed by atoms with Gasteiger partial charge in [0.15, 0.2) is 0 Å². The topological polar surface area (TPSA) is 68.6 Å². The number of ether oxygens (including phenoxy) is 2. The summed E-state index contributed by atoms with van der Waals surface area (Å²) in [6.45, 7) is 5.72. The molecular weight excluding hydrogens is 416 g/mol. The van der Waals surface area contributed by atoms with Gasteiger partial charge in [-0.05, 0) is 68.8 Å². The van der Waals surface area contributed by atoms with Crippen LogP contribution in [0.1, 0.15) is 35.3 Å². The zero-order valence-electron chi connectivity index (χ0n) is 19.6. The molecular formula is C26H32N4O3. The summed E-state index contributed by atoms with van der Waals surface area (Å²) in [5.74, 6) is 1.20. The van der Waals surface area contributed by atoms with Gasteiger partial charge < -0.3 is 19.7 Å². The molecule has 0 spiro atoms. The van der Waals surface area contributed by atoms with Crippen molar-refractivity contribution >= 4 is 5.91 Å². The van der Waals surface area contributed by atoms with Gasteiger partial charge in [0.2, 0.25) is 0 Å². The smallest absolute Gasteiger partial charge is 0.270 e. The van der Waals surface area contributed by atoms with Gasteiger partial charge in [0.1, 0.15) is 17.2 Å². The average Bonchev–Trinajstić information content (AvgIpc) is 3.29. The van der Waals surface area contributed by atoms with Crippen molar-refractivity contribution in [1.29, 1.82) is 0 Å². The Hall–Kier alpha value is -3.32. The number of carbonyl (C=O) groups excluding carboxylic acids is 1. The number of hydrogen-bond donors (Lipinski definition) is 1. The van der Waals surface area contributed by atoms with Crippen LogP contribution in [0.5, 0.6) is 11.5 Å². The third kappa shape index (κ3) is 5.37. The number of rotatable bonds is 8. The monoisotopic (exact) mass is 448 g/mol. The van der Waals surface area contributed by atoms with Gasteiger partial charge in [0.25, 0.3) is 5.91 Å². The molecule has 7 nitrogen and oxygen atoms in total. The molecule has 7 heteroatoms. The number of benzene rings is 2. The van der Waals surface area contributed by atoms with E-state index in [0.717, 1.165) is 36.4 Å². The fourth-order valence-corrected chi connectivity index (χ4v) is 4.24. The summed E-state index contributed by atoms with van der Waals surface area (Å²) in [7, 11) is 3.23. The molecule has 0 bridgehead atoms. The first-order valence-corrected chi connectivity index (χ1v) is 11.5. The second kappa shape index (κ2) is 10.5. The van der Waals surface area contributed by atoms with E-state index in [9.17, 15) is 4.79 Å². The number of methoxy groups -OCH3 is 2. The summed E-state index contributed by atoms with van der Waals surface area (Å²) in [6, 6.07) is 15.4. The molecule has 3 aromatic rings. The second-order valence-electron chi connectivity index (χ2n) is 8.39. The number of hydrogen-bond acceptors (Lipinski definition) is 5. The highest BCUT2D eigenvalue weighted by Gasteiger charge is 2.20. The van der Waals surface area contributed by atoms with Crippen LogP contribution in [0.3, 0.4) is 0 Å². The van der Waals surface area contributed by atoms with Crippen LogP contribution in [0.15, 0.2) is 48.5 Å². The van der Waals surface area contributed by atoms with E-state index in [0.29, 0.717) is 29.4 Å². The molecule has 0 atom stereocenters. The lowest BCUT2D eigenvalue weighted by Gasteiger charge is -2.26. The molecule has 1 aromatic heterocycles. The quantitative estimate of drug-likeness (QED) is 0.562. The number of carbonyl (C=O) groups is 1. The van der Waals surface area contributed by atoms with Crippen LogP contribution in [0.4, 0.5) is 0 Å². The summed E-state index contributed by atoms with van der Waals surface area (Å²) in [5, 5.41) is 7.89. The molecule has 0 saturated carbocycles. The normalized spacial score (nSPS) is 14.2. The van der Waals surface area contributed by atoms with E-state index < -0.39 is 0 Å². The van der Waals surface area contributed by atoms with Crippen LogP contribution in [-0.2, 0) is 0 Å². The van der Waals surface area contributed by atoms with Crippen molar-refractivity contribution in [3.05, 3.63) is 59.8 Å². The summed E-state index contributed by atoms with van der Waals surface area (Å²) in [6.07, 6.45) is 3.78. The summed E-state index contributed by atoms with van der Waals surface area (Å²) < 4.78 is 12.6. The highest BCUT2D eigenvalue weighted by atomic mass is 16.5. The van der Waals surface area contributed by atoms with Gasteiger partial charge >= 0.3 is 0 Å². The molecule has 1 amide bonds. The molecule has 174 valence electrons. The standard InChI is InChI=1S/C26H32N4O3/c1-19-8-7-9-20(16-19)30-24(26(31)27-12-15-29-13-5-4-6-14-29)18-23(28-30)22-11-10-21(32-2)17-25(22)33-3/h7-11,16-18H,4-6,12-15H2,1-3H3,(H,27,31). The second-order valence-corrected chi connectivity index (χ2v) is 8.39. The van der Waals surface area contributed by atoms with Gasteiger partial charge in [-0.3, -0.25) is 4.79 Å². The molecule has 0 unspecified atom stereocenters. The number of amides is 1. The van der Waals surface area contributed by atoms with E-state index >= 15 is 0 Å². The van der Waals surface area contributed by atoms with Crippen molar-refractivity contribution < 1.29 is 14.3 Å². The Labute approximate surface area is 195 Å². The van der Waals surface area contributed by atoms with Crippen molar-refractivity contribution in [2.24, 2.45) is 0 Å². The first-order valence-electron chi connectivity index (χ1n) is 11.5. The molecule has 1 aliphatic rings. The Morgan fingerprint density at radius 2 is 1.85 bits per heavy atom. The van der Waals surface area contributed by atoms with Gasteiger partial charge in [0, 0.05) is 24.7 Å². The molecule has 0 aliphatic carbocycles. The Kier molecular flexibility index (Phi) is 7.29. The maximum Gasteiger partial charge on any atom is 0.270 e. The number of nitrogens with one attached hydrogen (secondary N) is 1. The number of aromatic nitrogens is 2. The minimum atomic E-state index is -0.139. The van der Waals surface area contributed by atoms with Gasteiger partial charge in [-0.15, -0.1) is 0 Å². The van der Waals surface area contributed by atoms with Gasteiger partial charge in [-0.25, -0.2) is 4.68 Å². The largest absolute Gasteiger partial charge is 0.497 e. The third-order valence-corrected chi connectivity index (χ3v) is 6.04. The van der Waals surface area contributed by atoms with E-state index in [-0.39, 0.29) is 5.91 Å². The van der Waals surface area contributed by atoms with Crippen LogP contribution in [0, 0.1) is 6.92 Å². The van der Waals surface area contributed by atoms with Crippen LogP contribution in [0.2, 0.25) is 0 Å². The molecule has 2 heterocycles. The predicted molar refractivity (Wildman–Crippen MR) is 129 cm³/mol. The minimum Gasteiger partial charge on any atom is -0.497 e. The van der Waals surface area contributed by atoms with Gasteiger partial charge in [-0.2, -0.15) is 5.10 Å². The molecule has 1 saturated heterocycles. The van der Waals surface area contributed by atoms with E-state index in [1.165, 1.54) is 19.3 Å². The van der Waals surface area contributed by atoms with E-state index in [1.54, 1.807) is 18.9 Å². The van der Waals surface area contributed by atoms with Crippen molar-refractivity contribution in [3.8, 4) is 28.4 Å². The Morgan fingerprint density at radius 3 is 2.58 bits per heavy atom. The first kappa shape index (κ1) is 22.9. The number of likely N-dealkylation sites (tertiary alicyclic amines) is 1. The van der Waals surface area contributed by atoms with Crippen LogP contribution < -0.4 is 14.8 Å².